The number of carbonyl (C=O) groups is 1. The first-order valence-electron chi connectivity index (χ1n) is 8.14. The molecule has 0 bridgehead atoms. The molecule has 0 saturated carbocycles. The largest absolute Gasteiger partial charge is 0.478 e. The molecule has 0 spiro atoms. The van der Waals surface area contributed by atoms with Gasteiger partial charge in [-0.2, -0.15) is 0 Å². The van der Waals surface area contributed by atoms with Crippen LogP contribution in [0.4, 0.5) is 0 Å². The third-order valence-corrected chi connectivity index (χ3v) is 4.53. The Morgan fingerprint density at radius 1 is 1.17 bits per heavy atom. The van der Waals surface area contributed by atoms with Crippen molar-refractivity contribution < 1.29 is 9.90 Å². The molecular weight excluding hydrogens is 288 g/mol. The lowest BCUT2D eigenvalue weighted by Gasteiger charge is -2.32. The van der Waals surface area contributed by atoms with E-state index in [1.54, 1.807) is 12.1 Å². The predicted octanol–water partition coefficient (Wildman–Crippen LogP) is 3.23. The number of benzene rings is 1. The van der Waals surface area contributed by atoms with Crippen LogP contribution in [0.5, 0.6) is 0 Å². The third kappa shape index (κ3) is 4.39. The fourth-order valence-corrected chi connectivity index (χ4v) is 3.26. The second-order valence-electron chi connectivity index (χ2n) is 6.29. The zero-order chi connectivity index (χ0) is 16.1. The Balaban J connectivity index is 1.51. The van der Waals surface area contributed by atoms with Crippen LogP contribution in [0.2, 0.25) is 0 Å². The van der Waals surface area contributed by atoms with Gasteiger partial charge in [-0.3, -0.25) is 9.88 Å². The molecule has 3 rings (SSSR count). The molecule has 23 heavy (non-hydrogen) atoms. The molecule has 0 aliphatic carbocycles. The number of hydrogen-bond acceptors (Lipinski definition) is 3. The number of piperidine rings is 1. The number of aromatic carboxylic acids is 1. The van der Waals surface area contributed by atoms with Crippen molar-refractivity contribution >= 4 is 5.97 Å². The van der Waals surface area contributed by atoms with Crippen molar-refractivity contribution in [3.05, 3.63) is 65.5 Å². The lowest BCUT2D eigenvalue weighted by atomic mass is 9.90. The molecular formula is C19H22N2O2. The van der Waals surface area contributed by atoms with Crippen molar-refractivity contribution in [2.24, 2.45) is 5.92 Å². The molecule has 1 aliphatic rings. The molecule has 2 heterocycles. The summed E-state index contributed by atoms with van der Waals surface area (Å²) in [5, 5.41) is 9.07. The quantitative estimate of drug-likeness (QED) is 0.921. The van der Waals surface area contributed by atoms with Crippen molar-refractivity contribution in [3.63, 3.8) is 0 Å². The fraction of sp³-hybridized carbons (Fsp3) is 0.368. The fourth-order valence-electron chi connectivity index (χ4n) is 3.26. The zero-order valence-corrected chi connectivity index (χ0v) is 13.2. The van der Waals surface area contributed by atoms with E-state index in [9.17, 15) is 4.79 Å². The van der Waals surface area contributed by atoms with Crippen LogP contribution in [0, 0.1) is 5.92 Å². The monoisotopic (exact) mass is 310 g/mol. The standard InChI is InChI=1S/C19H22N2O2/c22-19(23)18-5-1-3-17(12-18)14-21-9-6-15(7-10-21)11-16-4-2-8-20-13-16/h1-5,8,12-13,15H,6-7,9-11,14H2,(H,22,23). The van der Waals surface area contributed by atoms with E-state index >= 15 is 0 Å². The van der Waals surface area contributed by atoms with E-state index in [0.29, 0.717) is 5.56 Å². The van der Waals surface area contributed by atoms with Crippen LogP contribution in [0.15, 0.2) is 48.8 Å². The lowest BCUT2D eigenvalue weighted by molar-refractivity contribution is 0.0696. The molecule has 4 nitrogen and oxygen atoms in total. The second kappa shape index (κ2) is 7.38. The molecule has 0 unspecified atom stereocenters. The van der Waals surface area contributed by atoms with Crippen LogP contribution in [0.1, 0.15) is 34.3 Å². The van der Waals surface area contributed by atoms with Gasteiger partial charge in [0.15, 0.2) is 0 Å². The summed E-state index contributed by atoms with van der Waals surface area (Å²) in [6.07, 6.45) is 7.26. The molecule has 1 aromatic heterocycles. The molecule has 120 valence electrons. The van der Waals surface area contributed by atoms with Crippen molar-refractivity contribution in [2.75, 3.05) is 13.1 Å². The maximum absolute atomic E-state index is 11.0. The van der Waals surface area contributed by atoms with Crippen molar-refractivity contribution in [1.29, 1.82) is 0 Å². The molecule has 0 amide bonds. The van der Waals surface area contributed by atoms with E-state index in [1.807, 2.05) is 30.6 Å². The molecule has 1 fully saturated rings. The molecule has 2 aromatic rings. The average Bonchev–Trinajstić information content (AvgIpc) is 2.58. The summed E-state index contributed by atoms with van der Waals surface area (Å²) >= 11 is 0. The highest BCUT2D eigenvalue weighted by molar-refractivity contribution is 5.87. The Kier molecular flexibility index (Phi) is 5.03. The van der Waals surface area contributed by atoms with Gasteiger partial charge in [-0.05, 0) is 67.6 Å². The number of carboxylic acid groups (broad SMARTS) is 1. The molecule has 1 aromatic carbocycles. The summed E-state index contributed by atoms with van der Waals surface area (Å²) in [5.74, 6) is -0.136. The number of nitrogens with zero attached hydrogens (tertiary/aromatic N) is 2. The van der Waals surface area contributed by atoms with E-state index in [1.165, 1.54) is 18.4 Å². The second-order valence-corrected chi connectivity index (χ2v) is 6.29. The molecule has 1 saturated heterocycles. The smallest absolute Gasteiger partial charge is 0.335 e. The van der Waals surface area contributed by atoms with E-state index < -0.39 is 5.97 Å². The molecule has 1 N–H and O–H groups in total. The maximum Gasteiger partial charge on any atom is 0.335 e. The van der Waals surface area contributed by atoms with Gasteiger partial charge >= 0.3 is 5.97 Å². The number of aromatic nitrogens is 1. The number of rotatable bonds is 5. The SMILES string of the molecule is O=C(O)c1cccc(CN2CCC(Cc3cccnc3)CC2)c1. The Morgan fingerprint density at radius 3 is 2.65 bits per heavy atom. The molecule has 4 heteroatoms. The summed E-state index contributed by atoms with van der Waals surface area (Å²) in [4.78, 5) is 17.6. The Bertz CT molecular complexity index is 649. The van der Waals surface area contributed by atoms with Crippen molar-refractivity contribution in [3.8, 4) is 0 Å². The maximum atomic E-state index is 11.0. The average molecular weight is 310 g/mol. The summed E-state index contributed by atoms with van der Waals surface area (Å²) in [6.45, 7) is 2.98. The Morgan fingerprint density at radius 2 is 1.96 bits per heavy atom. The predicted molar refractivity (Wildman–Crippen MR) is 89.3 cm³/mol. The number of carboxylic acids is 1. The van der Waals surface area contributed by atoms with Gasteiger partial charge in [-0.25, -0.2) is 4.79 Å². The van der Waals surface area contributed by atoms with Crippen molar-refractivity contribution in [1.82, 2.24) is 9.88 Å². The highest BCUT2D eigenvalue weighted by Gasteiger charge is 2.19. The lowest BCUT2D eigenvalue weighted by Crippen LogP contribution is -2.33. The van der Waals surface area contributed by atoms with Crippen LogP contribution in [0.25, 0.3) is 0 Å². The van der Waals surface area contributed by atoms with Gasteiger partial charge in [0.1, 0.15) is 0 Å². The summed E-state index contributed by atoms with van der Waals surface area (Å²) in [6, 6.07) is 11.4. The minimum atomic E-state index is -0.859. The normalized spacial score (nSPS) is 16.3. The van der Waals surface area contributed by atoms with Gasteiger partial charge in [0, 0.05) is 18.9 Å². The van der Waals surface area contributed by atoms with Gasteiger partial charge in [0.05, 0.1) is 5.56 Å². The van der Waals surface area contributed by atoms with Crippen LogP contribution in [-0.4, -0.2) is 34.0 Å². The number of pyridine rings is 1. The molecule has 0 radical (unpaired) electrons. The highest BCUT2D eigenvalue weighted by Crippen LogP contribution is 2.22. The van der Waals surface area contributed by atoms with E-state index in [0.717, 1.165) is 37.5 Å². The third-order valence-electron chi connectivity index (χ3n) is 4.53. The summed E-state index contributed by atoms with van der Waals surface area (Å²) in [7, 11) is 0. The van der Waals surface area contributed by atoms with Crippen LogP contribution >= 0.6 is 0 Å². The van der Waals surface area contributed by atoms with E-state index in [-0.39, 0.29) is 0 Å². The first-order chi connectivity index (χ1) is 11.2. The minimum absolute atomic E-state index is 0.369. The summed E-state index contributed by atoms with van der Waals surface area (Å²) < 4.78 is 0. The van der Waals surface area contributed by atoms with Gasteiger partial charge in [-0.15, -0.1) is 0 Å². The molecule has 0 atom stereocenters. The topological polar surface area (TPSA) is 53.4 Å². The number of hydrogen-bond donors (Lipinski definition) is 1. The van der Waals surface area contributed by atoms with Gasteiger partial charge in [0.25, 0.3) is 0 Å². The van der Waals surface area contributed by atoms with Crippen molar-refractivity contribution in [2.45, 2.75) is 25.8 Å². The highest BCUT2D eigenvalue weighted by atomic mass is 16.4. The first kappa shape index (κ1) is 15.7. The molecule has 1 aliphatic heterocycles. The number of likely N-dealkylation sites (tertiary alicyclic amines) is 1. The first-order valence-corrected chi connectivity index (χ1v) is 8.14. The van der Waals surface area contributed by atoms with Gasteiger partial charge in [0.2, 0.25) is 0 Å². The minimum Gasteiger partial charge on any atom is -0.478 e. The van der Waals surface area contributed by atoms with Gasteiger partial charge < -0.3 is 5.11 Å². The van der Waals surface area contributed by atoms with E-state index in [4.69, 9.17) is 5.11 Å². The van der Waals surface area contributed by atoms with Crippen LogP contribution < -0.4 is 0 Å². The van der Waals surface area contributed by atoms with Crippen LogP contribution in [-0.2, 0) is 13.0 Å². The van der Waals surface area contributed by atoms with E-state index in [2.05, 4.69) is 16.0 Å². The summed E-state index contributed by atoms with van der Waals surface area (Å²) in [5.41, 5.74) is 2.77. The zero-order valence-electron chi connectivity index (χ0n) is 13.2. The Labute approximate surface area is 136 Å². The van der Waals surface area contributed by atoms with Crippen LogP contribution in [0.3, 0.4) is 0 Å². The van der Waals surface area contributed by atoms with Gasteiger partial charge in [-0.1, -0.05) is 18.2 Å². The Hall–Kier alpha value is -2.20.